The predicted molar refractivity (Wildman–Crippen MR) is 286 cm³/mol. The summed E-state index contributed by atoms with van der Waals surface area (Å²) >= 11 is 0. The predicted octanol–water partition coefficient (Wildman–Crippen LogP) is 14.1. The van der Waals surface area contributed by atoms with Gasteiger partial charge in [-0.1, -0.05) is 249 Å². The van der Waals surface area contributed by atoms with Crippen LogP contribution in [0.3, 0.4) is 0 Å². The maximum atomic E-state index is 13.0. The second-order valence-corrected chi connectivity index (χ2v) is 20.1. The van der Waals surface area contributed by atoms with E-state index in [4.69, 9.17) is 9.47 Å². The molecule has 398 valence electrons. The van der Waals surface area contributed by atoms with Crippen LogP contribution in [0, 0.1) is 0 Å². The molecule has 0 bridgehead atoms. The Balaban J connectivity index is 2.01. The highest BCUT2D eigenvalue weighted by molar-refractivity contribution is 5.76. The van der Waals surface area contributed by atoms with Gasteiger partial charge in [-0.2, -0.15) is 0 Å². The number of hydrogen-bond acceptors (Lipinski definition) is 8. The Morgan fingerprint density at radius 2 is 0.868 bits per heavy atom. The van der Waals surface area contributed by atoms with E-state index in [1.165, 1.54) is 193 Å². The van der Waals surface area contributed by atoms with Gasteiger partial charge < -0.3 is 40.3 Å². The van der Waals surface area contributed by atoms with Gasteiger partial charge in [0.2, 0.25) is 5.91 Å². The first-order chi connectivity index (χ1) is 33.3. The second kappa shape index (κ2) is 48.8. The van der Waals surface area contributed by atoms with Crippen molar-refractivity contribution in [3.63, 3.8) is 0 Å². The first-order valence-electron chi connectivity index (χ1n) is 28.9. The number of aliphatic hydroxyl groups is 5. The van der Waals surface area contributed by atoms with Gasteiger partial charge in [0.25, 0.3) is 0 Å². The fourth-order valence-electron chi connectivity index (χ4n) is 9.05. The van der Waals surface area contributed by atoms with E-state index in [0.29, 0.717) is 6.42 Å². The Morgan fingerprint density at radius 3 is 1.28 bits per heavy atom. The SMILES string of the molecule is CCCCCCC/C=C\C/C=C\C/C=C\CCCCCCCCCCCCCCCCCCCCCCCCC(=O)NC(COC1OC(CO)C(O)C(O)C1O)C(O)/C=C/CCCCCCCC. The van der Waals surface area contributed by atoms with E-state index in [1.807, 2.05) is 6.08 Å². The number of carbonyl (C=O) groups excluding carboxylic acids is 1. The number of rotatable bonds is 49. The average Bonchev–Trinajstić information content (AvgIpc) is 3.34. The molecule has 1 rings (SSSR count). The van der Waals surface area contributed by atoms with Gasteiger partial charge in [0.15, 0.2) is 6.29 Å². The minimum absolute atomic E-state index is 0.178. The van der Waals surface area contributed by atoms with E-state index in [2.05, 4.69) is 55.6 Å². The lowest BCUT2D eigenvalue weighted by Crippen LogP contribution is -2.60. The Kier molecular flexibility index (Phi) is 46.0. The van der Waals surface area contributed by atoms with E-state index in [-0.39, 0.29) is 12.5 Å². The molecular formula is C59H109NO8. The summed E-state index contributed by atoms with van der Waals surface area (Å²) in [7, 11) is 0. The third kappa shape index (κ3) is 37.9. The van der Waals surface area contributed by atoms with Crippen molar-refractivity contribution >= 4 is 5.91 Å². The molecule has 1 amide bonds. The van der Waals surface area contributed by atoms with Crippen LogP contribution in [0.4, 0.5) is 0 Å². The zero-order valence-electron chi connectivity index (χ0n) is 44.1. The van der Waals surface area contributed by atoms with E-state index in [1.54, 1.807) is 6.08 Å². The van der Waals surface area contributed by atoms with Crippen molar-refractivity contribution < 1.29 is 39.8 Å². The fraction of sp³-hybridized carbons (Fsp3) is 0.847. The molecule has 6 N–H and O–H groups in total. The molecule has 7 atom stereocenters. The van der Waals surface area contributed by atoms with E-state index >= 15 is 0 Å². The number of allylic oxidation sites excluding steroid dienone is 7. The van der Waals surface area contributed by atoms with Crippen molar-refractivity contribution in [1.82, 2.24) is 5.32 Å². The molecular weight excluding hydrogens is 851 g/mol. The number of nitrogens with one attached hydrogen (secondary N) is 1. The number of amides is 1. The van der Waals surface area contributed by atoms with E-state index in [0.717, 1.165) is 51.4 Å². The third-order valence-corrected chi connectivity index (χ3v) is 13.6. The molecule has 1 saturated heterocycles. The lowest BCUT2D eigenvalue weighted by Gasteiger charge is -2.40. The molecule has 0 aliphatic carbocycles. The topological polar surface area (TPSA) is 149 Å². The highest BCUT2D eigenvalue weighted by atomic mass is 16.7. The Hall–Kier alpha value is -1.85. The molecule has 0 aromatic carbocycles. The Bertz CT molecular complexity index is 1210. The van der Waals surface area contributed by atoms with E-state index < -0.39 is 49.5 Å². The maximum Gasteiger partial charge on any atom is 0.220 e. The van der Waals surface area contributed by atoms with E-state index in [9.17, 15) is 30.3 Å². The minimum atomic E-state index is -1.56. The quantitative estimate of drug-likeness (QED) is 0.0261. The lowest BCUT2D eigenvalue weighted by molar-refractivity contribution is -0.302. The Labute approximate surface area is 418 Å². The number of aliphatic hydroxyl groups excluding tert-OH is 5. The molecule has 1 heterocycles. The van der Waals surface area contributed by atoms with Gasteiger partial charge in [0.1, 0.15) is 24.4 Å². The van der Waals surface area contributed by atoms with Gasteiger partial charge in [-0.15, -0.1) is 0 Å². The first kappa shape index (κ1) is 64.2. The van der Waals surface area contributed by atoms with Gasteiger partial charge in [-0.3, -0.25) is 4.79 Å². The summed E-state index contributed by atoms with van der Waals surface area (Å²) in [4.78, 5) is 13.0. The van der Waals surface area contributed by atoms with Crippen LogP contribution in [0.2, 0.25) is 0 Å². The lowest BCUT2D eigenvalue weighted by atomic mass is 9.99. The highest BCUT2D eigenvalue weighted by Gasteiger charge is 2.44. The van der Waals surface area contributed by atoms with Crippen molar-refractivity contribution in [2.75, 3.05) is 13.2 Å². The number of ether oxygens (including phenoxy) is 2. The van der Waals surface area contributed by atoms with Crippen LogP contribution >= 0.6 is 0 Å². The normalized spacial score (nSPS) is 19.9. The van der Waals surface area contributed by atoms with Gasteiger partial charge in [0.05, 0.1) is 25.4 Å². The minimum Gasteiger partial charge on any atom is -0.394 e. The van der Waals surface area contributed by atoms with Crippen molar-refractivity contribution in [2.45, 2.75) is 307 Å². The van der Waals surface area contributed by atoms with Crippen LogP contribution in [-0.2, 0) is 14.3 Å². The molecule has 9 heteroatoms. The van der Waals surface area contributed by atoms with Gasteiger partial charge in [-0.25, -0.2) is 0 Å². The average molecular weight is 961 g/mol. The molecule has 1 aliphatic rings. The molecule has 0 aromatic rings. The summed E-state index contributed by atoms with van der Waals surface area (Å²) in [5, 5.41) is 54.1. The van der Waals surface area contributed by atoms with Crippen LogP contribution in [0.5, 0.6) is 0 Å². The van der Waals surface area contributed by atoms with Crippen LogP contribution in [0.25, 0.3) is 0 Å². The highest BCUT2D eigenvalue weighted by Crippen LogP contribution is 2.23. The largest absolute Gasteiger partial charge is 0.394 e. The number of carbonyl (C=O) groups is 1. The zero-order chi connectivity index (χ0) is 49.4. The summed E-state index contributed by atoms with van der Waals surface area (Å²) in [6.07, 6.45) is 58.0. The van der Waals surface area contributed by atoms with Crippen LogP contribution in [-0.4, -0.2) is 87.5 Å². The van der Waals surface area contributed by atoms with Crippen LogP contribution in [0.15, 0.2) is 48.6 Å². The Morgan fingerprint density at radius 1 is 0.500 bits per heavy atom. The van der Waals surface area contributed by atoms with Crippen molar-refractivity contribution in [1.29, 1.82) is 0 Å². The van der Waals surface area contributed by atoms with Gasteiger partial charge in [-0.05, 0) is 57.8 Å². The van der Waals surface area contributed by atoms with Crippen molar-refractivity contribution in [3.05, 3.63) is 48.6 Å². The van der Waals surface area contributed by atoms with Crippen LogP contribution < -0.4 is 5.32 Å². The molecule has 0 saturated carbocycles. The van der Waals surface area contributed by atoms with Crippen molar-refractivity contribution in [2.24, 2.45) is 0 Å². The summed E-state index contributed by atoms with van der Waals surface area (Å²) in [6, 6.07) is -0.801. The molecule has 1 fully saturated rings. The standard InChI is InChI=1S/C59H109NO8/c1-3-5-7-9-11-13-14-15-16-17-18-19-20-21-22-23-24-25-26-27-28-29-30-31-32-33-34-35-36-37-38-39-40-41-43-45-47-49-55(63)60-52(53(62)48-46-44-42-12-10-8-6-4-2)51-67-59-58(66)57(65)56(64)54(50-61)68-59/h14-15,17-18,20-21,46,48,52-54,56-59,61-62,64-66H,3-13,16,19,22-45,47,49-51H2,1-2H3,(H,60,63)/b15-14-,18-17-,21-20-,48-46+. The molecule has 9 nitrogen and oxygen atoms in total. The number of unbranched alkanes of at least 4 members (excludes halogenated alkanes) is 33. The van der Waals surface area contributed by atoms with Gasteiger partial charge in [0, 0.05) is 6.42 Å². The van der Waals surface area contributed by atoms with Crippen LogP contribution in [0.1, 0.15) is 264 Å². The molecule has 0 radical (unpaired) electrons. The first-order valence-corrected chi connectivity index (χ1v) is 28.9. The molecule has 0 spiro atoms. The fourth-order valence-corrected chi connectivity index (χ4v) is 9.05. The second-order valence-electron chi connectivity index (χ2n) is 20.1. The summed E-state index contributed by atoms with van der Waals surface area (Å²) in [6.45, 7) is 3.73. The maximum absolute atomic E-state index is 13.0. The zero-order valence-corrected chi connectivity index (χ0v) is 44.1. The molecule has 0 aromatic heterocycles. The number of hydrogen-bond donors (Lipinski definition) is 6. The monoisotopic (exact) mass is 960 g/mol. The smallest absolute Gasteiger partial charge is 0.220 e. The summed E-state index contributed by atoms with van der Waals surface area (Å²) < 4.78 is 11.2. The molecule has 68 heavy (non-hydrogen) atoms. The summed E-state index contributed by atoms with van der Waals surface area (Å²) in [5.41, 5.74) is 0. The van der Waals surface area contributed by atoms with Crippen molar-refractivity contribution in [3.8, 4) is 0 Å². The molecule has 1 aliphatic heterocycles. The van der Waals surface area contributed by atoms with Gasteiger partial charge >= 0.3 is 0 Å². The molecule has 7 unspecified atom stereocenters. The summed E-state index contributed by atoms with van der Waals surface area (Å²) in [5.74, 6) is -0.178. The third-order valence-electron chi connectivity index (χ3n) is 13.6.